The van der Waals surface area contributed by atoms with Crippen LogP contribution < -0.4 is 0 Å². The van der Waals surface area contributed by atoms with Gasteiger partial charge in [0.1, 0.15) is 12.2 Å². The summed E-state index contributed by atoms with van der Waals surface area (Å²) in [7, 11) is 0. The summed E-state index contributed by atoms with van der Waals surface area (Å²) in [5, 5.41) is 0. The lowest BCUT2D eigenvalue weighted by Crippen LogP contribution is -2.63. The molecule has 0 bridgehead atoms. The van der Waals surface area contributed by atoms with Crippen molar-refractivity contribution in [1.82, 2.24) is 0 Å². The summed E-state index contributed by atoms with van der Waals surface area (Å²) in [5.74, 6) is -8.12. The molecule has 0 amide bonds. The van der Waals surface area contributed by atoms with Gasteiger partial charge in [-0.05, 0) is 63.2 Å². The molecular formula is C21H30F6O4. The molecule has 0 N–H and O–H groups in total. The van der Waals surface area contributed by atoms with Gasteiger partial charge in [-0.1, -0.05) is 0 Å². The molecule has 180 valence electrons. The Bertz CT molecular complexity index is 555. The minimum absolute atomic E-state index is 0.0384. The topological polar surface area (TPSA) is 43.5 Å². The summed E-state index contributed by atoms with van der Waals surface area (Å²) >= 11 is 0. The van der Waals surface area contributed by atoms with Crippen LogP contribution in [-0.2, 0) is 18.9 Å². The van der Waals surface area contributed by atoms with Gasteiger partial charge in [0.2, 0.25) is 0 Å². The molecule has 0 aromatic carbocycles. The number of halogens is 6. The molecule has 4 aliphatic rings. The fourth-order valence-corrected chi connectivity index (χ4v) is 5.18. The monoisotopic (exact) mass is 460 g/mol. The van der Waals surface area contributed by atoms with Crippen molar-refractivity contribution in [3.63, 3.8) is 0 Å². The first kappa shape index (κ1) is 23.6. The summed E-state index contributed by atoms with van der Waals surface area (Å²) in [6.45, 7) is 1.98. The maximum absolute atomic E-state index is 16.1. The molecule has 2 saturated heterocycles. The van der Waals surface area contributed by atoms with E-state index < -0.39 is 29.6 Å². The fourth-order valence-electron chi connectivity index (χ4n) is 5.18. The zero-order valence-electron chi connectivity index (χ0n) is 17.4. The Balaban J connectivity index is 1.41. The zero-order valence-corrected chi connectivity index (χ0v) is 17.4. The molecule has 2 saturated carbocycles. The van der Waals surface area contributed by atoms with E-state index in [4.69, 9.17) is 18.9 Å². The van der Waals surface area contributed by atoms with Gasteiger partial charge in [-0.25, -0.2) is 4.39 Å². The Labute approximate surface area is 177 Å². The van der Waals surface area contributed by atoms with Crippen LogP contribution in [0.1, 0.15) is 51.4 Å². The summed E-state index contributed by atoms with van der Waals surface area (Å²) in [5.41, 5.74) is -3.62. The van der Waals surface area contributed by atoms with Crippen molar-refractivity contribution in [2.75, 3.05) is 26.4 Å². The highest BCUT2D eigenvalue weighted by molar-refractivity contribution is 5.08. The predicted molar refractivity (Wildman–Crippen MR) is 97.7 cm³/mol. The molecule has 0 radical (unpaired) electrons. The highest BCUT2D eigenvalue weighted by Crippen LogP contribution is 2.58. The second-order valence-corrected chi connectivity index (χ2v) is 9.36. The molecule has 31 heavy (non-hydrogen) atoms. The van der Waals surface area contributed by atoms with Crippen LogP contribution in [-0.4, -0.2) is 68.6 Å². The third kappa shape index (κ3) is 5.17. The van der Waals surface area contributed by atoms with E-state index in [9.17, 15) is 22.0 Å². The molecule has 2 heterocycles. The lowest BCUT2D eigenvalue weighted by Gasteiger charge is -2.48. The highest BCUT2D eigenvalue weighted by atomic mass is 19.4. The van der Waals surface area contributed by atoms with E-state index >= 15 is 4.39 Å². The minimum atomic E-state index is -5.94. The van der Waals surface area contributed by atoms with Gasteiger partial charge in [-0.2, -0.15) is 22.0 Å². The zero-order chi connectivity index (χ0) is 22.3. The van der Waals surface area contributed by atoms with E-state index in [1.807, 2.05) is 0 Å². The Morgan fingerprint density at radius 3 is 1.26 bits per heavy atom. The van der Waals surface area contributed by atoms with Crippen LogP contribution in [0.5, 0.6) is 0 Å². The molecule has 4 fully saturated rings. The van der Waals surface area contributed by atoms with Gasteiger partial charge < -0.3 is 18.9 Å². The molecule has 2 aliphatic heterocycles. The first-order valence-electron chi connectivity index (χ1n) is 11.2. The van der Waals surface area contributed by atoms with Gasteiger partial charge in [0.25, 0.3) is 0 Å². The van der Waals surface area contributed by atoms with Crippen molar-refractivity contribution in [3.05, 3.63) is 0 Å². The van der Waals surface area contributed by atoms with Crippen molar-refractivity contribution in [2.24, 2.45) is 11.8 Å². The largest absolute Gasteiger partial charge is 0.456 e. The van der Waals surface area contributed by atoms with Crippen LogP contribution in [0.4, 0.5) is 26.3 Å². The Morgan fingerprint density at radius 2 is 0.968 bits per heavy atom. The molecule has 0 spiro atoms. The molecule has 4 nitrogen and oxygen atoms in total. The Hall–Kier alpha value is -0.580. The van der Waals surface area contributed by atoms with Crippen LogP contribution in [0.2, 0.25) is 0 Å². The second kappa shape index (κ2) is 8.99. The van der Waals surface area contributed by atoms with Crippen LogP contribution in [0, 0.1) is 11.8 Å². The summed E-state index contributed by atoms with van der Waals surface area (Å²) < 4.78 is 107. The molecule has 0 aromatic rings. The predicted octanol–water partition coefficient (Wildman–Crippen LogP) is 4.84. The van der Waals surface area contributed by atoms with E-state index in [-0.39, 0.29) is 75.8 Å². The Morgan fingerprint density at radius 1 is 0.613 bits per heavy atom. The molecule has 2 unspecified atom stereocenters. The quantitative estimate of drug-likeness (QED) is 0.365. The molecule has 2 aliphatic carbocycles. The van der Waals surface area contributed by atoms with E-state index in [0.29, 0.717) is 26.4 Å². The van der Waals surface area contributed by atoms with Crippen LogP contribution in [0.3, 0.4) is 0 Å². The number of hydrogen-bond acceptors (Lipinski definition) is 4. The van der Waals surface area contributed by atoms with Gasteiger partial charge in [0, 0.05) is 0 Å². The van der Waals surface area contributed by atoms with Crippen LogP contribution in [0.25, 0.3) is 0 Å². The standard InChI is InChI=1S/C21H30F6O4/c22-19(20(23,24)21(25,26)27,13-1-5-15(6-2-13)28-9-17-11-30-17)14-3-7-16(8-4-14)29-10-18-12-31-18/h13-18H,1-12H2. The molecular weight excluding hydrogens is 430 g/mol. The van der Waals surface area contributed by atoms with Crippen molar-refractivity contribution >= 4 is 0 Å². The third-order valence-corrected chi connectivity index (χ3v) is 7.21. The maximum atomic E-state index is 16.1. The maximum Gasteiger partial charge on any atom is 0.456 e. The molecule has 4 rings (SSSR count). The number of alkyl halides is 6. The average Bonchev–Trinajstić information content (AvgIpc) is 3.65. The second-order valence-electron chi connectivity index (χ2n) is 9.36. The van der Waals surface area contributed by atoms with E-state index in [1.54, 1.807) is 0 Å². The smallest absolute Gasteiger partial charge is 0.375 e. The minimum Gasteiger partial charge on any atom is -0.375 e. The average molecular weight is 460 g/mol. The first-order chi connectivity index (χ1) is 14.6. The van der Waals surface area contributed by atoms with Crippen molar-refractivity contribution < 1.29 is 45.3 Å². The van der Waals surface area contributed by atoms with Crippen LogP contribution in [0.15, 0.2) is 0 Å². The fraction of sp³-hybridized carbons (Fsp3) is 1.00. The number of epoxide rings is 2. The summed E-state index contributed by atoms with van der Waals surface area (Å²) in [6.07, 6.45) is -5.46. The van der Waals surface area contributed by atoms with Gasteiger partial charge in [0.15, 0.2) is 5.67 Å². The van der Waals surface area contributed by atoms with Crippen molar-refractivity contribution in [3.8, 4) is 0 Å². The van der Waals surface area contributed by atoms with Gasteiger partial charge >= 0.3 is 12.1 Å². The number of rotatable bonds is 9. The normalized spacial score (nSPS) is 38.5. The summed E-state index contributed by atoms with van der Waals surface area (Å²) in [6, 6.07) is 0. The lowest BCUT2D eigenvalue weighted by atomic mass is 9.64. The number of ether oxygens (including phenoxy) is 4. The van der Waals surface area contributed by atoms with Gasteiger partial charge in [0.05, 0.1) is 38.6 Å². The molecule has 10 heteroatoms. The number of hydrogen-bond donors (Lipinski definition) is 0. The van der Waals surface area contributed by atoms with Crippen molar-refractivity contribution in [1.29, 1.82) is 0 Å². The van der Waals surface area contributed by atoms with E-state index in [2.05, 4.69) is 0 Å². The van der Waals surface area contributed by atoms with Gasteiger partial charge in [-0.15, -0.1) is 0 Å². The third-order valence-electron chi connectivity index (χ3n) is 7.21. The Kier molecular flexibility index (Phi) is 6.83. The van der Waals surface area contributed by atoms with Crippen LogP contribution >= 0.6 is 0 Å². The van der Waals surface area contributed by atoms with E-state index in [1.165, 1.54) is 0 Å². The van der Waals surface area contributed by atoms with Gasteiger partial charge in [-0.3, -0.25) is 0 Å². The highest BCUT2D eigenvalue weighted by Gasteiger charge is 2.75. The van der Waals surface area contributed by atoms with Crippen molar-refractivity contribution in [2.45, 2.75) is 93.6 Å². The molecule has 0 aromatic heterocycles. The summed E-state index contributed by atoms with van der Waals surface area (Å²) in [4.78, 5) is 0. The lowest BCUT2D eigenvalue weighted by molar-refractivity contribution is -0.350. The SMILES string of the molecule is FC(F)(F)C(F)(F)C(F)(C1CCC(OCC2CO2)CC1)C1CCC(OCC2CO2)CC1. The molecule has 2 atom stereocenters. The first-order valence-corrected chi connectivity index (χ1v) is 11.2. The van der Waals surface area contributed by atoms with E-state index in [0.717, 1.165) is 0 Å².